The van der Waals surface area contributed by atoms with E-state index in [2.05, 4.69) is 9.97 Å². The standard InChI is InChI=1S/C15H15N3OS/c1-9-15(20-10(2)16-9)13(19)8-14-17-11-6-4-5-7-12(11)18(14)3/h4-7H,8H2,1-3H3. The van der Waals surface area contributed by atoms with Crippen molar-refractivity contribution in [2.24, 2.45) is 7.05 Å². The minimum absolute atomic E-state index is 0.0894. The molecule has 0 saturated heterocycles. The fraction of sp³-hybridized carbons (Fsp3) is 0.267. The van der Waals surface area contributed by atoms with Gasteiger partial charge in [0.05, 0.1) is 33.0 Å². The van der Waals surface area contributed by atoms with E-state index in [0.717, 1.165) is 32.4 Å². The Bertz CT molecular complexity index is 801. The van der Waals surface area contributed by atoms with E-state index in [4.69, 9.17) is 0 Å². The lowest BCUT2D eigenvalue weighted by Gasteiger charge is -2.01. The third kappa shape index (κ3) is 2.14. The van der Waals surface area contributed by atoms with Gasteiger partial charge < -0.3 is 4.57 Å². The zero-order chi connectivity index (χ0) is 14.3. The highest BCUT2D eigenvalue weighted by molar-refractivity contribution is 7.13. The first kappa shape index (κ1) is 13.0. The molecule has 0 bridgehead atoms. The zero-order valence-corrected chi connectivity index (χ0v) is 12.5. The molecule has 0 atom stereocenters. The summed E-state index contributed by atoms with van der Waals surface area (Å²) in [7, 11) is 1.95. The molecule has 2 heterocycles. The van der Waals surface area contributed by atoms with Crippen molar-refractivity contribution in [1.82, 2.24) is 14.5 Å². The lowest BCUT2D eigenvalue weighted by Crippen LogP contribution is -2.08. The topological polar surface area (TPSA) is 47.8 Å². The van der Waals surface area contributed by atoms with Gasteiger partial charge in [-0.05, 0) is 26.0 Å². The van der Waals surface area contributed by atoms with Gasteiger partial charge in [0.1, 0.15) is 5.82 Å². The predicted octanol–water partition coefficient (Wildman–Crippen LogP) is 3.07. The molecule has 0 amide bonds. The Hall–Kier alpha value is -2.01. The van der Waals surface area contributed by atoms with E-state index in [0.29, 0.717) is 6.42 Å². The maximum Gasteiger partial charge on any atom is 0.182 e. The summed E-state index contributed by atoms with van der Waals surface area (Å²) < 4.78 is 1.98. The van der Waals surface area contributed by atoms with Crippen molar-refractivity contribution >= 4 is 28.2 Å². The molecule has 4 nitrogen and oxygen atoms in total. The number of nitrogens with zero attached hydrogens (tertiary/aromatic N) is 3. The first-order valence-electron chi connectivity index (χ1n) is 6.44. The molecular formula is C15H15N3OS. The number of aromatic nitrogens is 3. The summed E-state index contributed by atoms with van der Waals surface area (Å²) in [5, 5.41) is 0.927. The van der Waals surface area contributed by atoms with Crippen molar-refractivity contribution in [1.29, 1.82) is 0 Å². The summed E-state index contributed by atoms with van der Waals surface area (Å²) in [6.45, 7) is 3.80. The first-order valence-corrected chi connectivity index (χ1v) is 7.25. The van der Waals surface area contributed by atoms with Crippen molar-refractivity contribution in [2.75, 3.05) is 0 Å². The molecule has 0 aliphatic carbocycles. The second-order valence-corrected chi connectivity index (χ2v) is 6.03. The van der Waals surface area contributed by atoms with Crippen LogP contribution in [0.4, 0.5) is 0 Å². The fourth-order valence-corrected chi connectivity index (χ4v) is 3.22. The van der Waals surface area contributed by atoms with Gasteiger partial charge in [0.25, 0.3) is 0 Å². The minimum atomic E-state index is 0.0894. The van der Waals surface area contributed by atoms with Gasteiger partial charge >= 0.3 is 0 Å². The van der Waals surface area contributed by atoms with Gasteiger partial charge in [0, 0.05) is 7.05 Å². The van der Waals surface area contributed by atoms with Crippen LogP contribution in [0.2, 0.25) is 0 Å². The summed E-state index contributed by atoms with van der Waals surface area (Å²) in [6, 6.07) is 7.91. The van der Waals surface area contributed by atoms with Gasteiger partial charge in [-0.3, -0.25) is 4.79 Å². The Morgan fingerprint density at radius 3 is 2.65 bits per heavy atom. The molecule has 0 N–H and O–H groups in total. The van der Waals surface area contributed by atoms with Crippen LogP contribution in [0, 0.1) is 13.8 Å². The molecule has 0 saturated carbocycles. The van der Waals surface area contributed by atoms with Crippen molar-refractivity contribution in [3.63, 3.8) is 0 Å². The van der Waals surface area contributed by atoms with E-state index < -0.39 is 0 Å². The number of carbonyl (C=O) groups excluding carboxylic acids is 1. The SMILES string of the molecule is Cc1nc(C)c(C(=O)Cc2nc3ccccc3n2C)s1. The summed E-state index contributed by atoms with van der Waals surface area (Å²) in [6.07, 6.45) is 0.313. The summed E-state index contributed by atoms with van der Waals surface area (Å²) in [5.74, 6) is 0.883. The maximum absolute atomic E-state index is 12.4. The third-order valence-corrected chi connectivity index (χ3v) is 4.47. The summed E-state index contributed by atoms with van der Waals surface area (Å²) in [5.41, 5.74) is 2.79. The number of hydrogen-bond acceptors (Lipinski definition) is 4. The number of hydrogen-bond donors (Lipinski definition) is 0. The Balaban J connectivity index is 1.95. The van der Waals surface area contributed by atoms with E-state index in [-0.39, 0.29) is 5.78 Å². The second-order valence-electron chi connectivity index (χ2n) is 4.82. The second kappa shape index (κ2) is 4.83. The average molecular weight is 285 g/mol. The predicted molar refractivity (Wildman–Crippen MR) is 80.3 cm³/mol. The van der Waals surface area contributed by atoms with Crippen LogP contribution in [-0.2, 0) is 13.5 Å². The molecule has 3 rings (SSSR count). The van der Waals surface area contributed by atoms with Crippen LogP contribution in [0.25, 0.3) is 11.0 Å². The molecule has 3 aromatic rings. The van der Waals surface area contributed by atoms with Crippen LogP contribution in [-0.4, -0.2) is 20.3 Å². The van der Waals surface area contributed by atoms with Crippen LogP contribution in [0.1, 0.15) is 26.2 Å². The molecule has 0 unspecified atom stereocenters. The van der Waals surface area contributed by atoms with E-state index >= 15 is 0 Å². The number of imidazole rings is 1. The lowest BCUT2D eigenvalue weighted by atomic mass is 10.2. The van der Waals surface area contributed by atoms with Gasteiger partial charge in [-0.15, -0.1) is 11.3 Å². The maximum atomic E-state index is 12.4. The number of aryl methyl sites for hydroxylation is 3. The normalized spacial score (nSPS) is 11.2. The number of para-hydroxylation sites is 2. The molecule has 2 aromatic heterocycles. The van der Waals surface area contributed by atoms with Crippen LogP contribution in [0.15, 0.2) is 24.3 Å². The first-order chi connectivity index (χ1) is 9.56. The van der Waals surface area contributed by atoms with Crippen LogP contribution >= 0.6 is 11.3 Å². The molecule has 102 valence electrons. The van der Waals surface area contributed by atoms with Crippen LogP contribution in [0.5, 0.6) is 0 Å². The number of rotatable bonds is 3. The highest BCUT2D eigenvalue weighted by Crippen LogP contribution is 2.21. The minimum Gasteiger partial charge on any atom is -0.331 e. The van der Waals surface area contributed by atoms with E-state index in [1.54, 1.807) is 0 Å². The molecule has 20 heavy (non-hydrogen) atoms. The molecule has 0 radical (unpaired) electrons. The number of thiazole rings is 1. The summed E-state index contributed by atoms with van der Waals surface area (Å²) >= 11 is 1.46. The third-order valence-electron chi connectivity index (χ3n) is 3.36. The highest BCUT2D eigenvalue weighted by atomic mass is 32.1. The zero-order valence-electron chi connectivity index (χ0n) is 11.7. The van der Waals surface area contributed by atoms with Gasteiger partial charge in [-0.2, -0.15) is 0 Å². The van der Waals surface area contributed by atoms with Crippen molar-refractivity contribution < 1.29 is 4.79 Å². The Kier molecular flexibility index (Phi) is 3.14. The summed E-state index contributed by atoms with van der Waals surface area (Å²) in [4.78, 5) is 22.0. The molecule has 1 aromatic carbocycles. The Morgan fingerprint density at radius 2 is 2.00 bits per heavy atom. The molecular weight excluding hydrogens is 270 g/mol. The van der Waals surface area contributed by atoms with Crippen LogP contribution in [0.3, 0.4) is 0 Å². The van der Waals surface area contributed by atoms with Crippen LogP contribution < -0.4 is 0 Å². The van der Waals surface area contributed by atoms with E-state index in [9.17, 15) is 4.79 Å². The van der Waals surface area contributed by atoms with E-state index in [1.807, 2.05) is 49.7 Å². The average Bonchev–Trinajstić information content (AvgIpc) is 2.91. The van der Waals surface area contributed by atoms with Gasteiger partial charge in [0.2, 0.25) is 0 Å². The molecule has 0 aliphatic heterocycles. The number of carbonyl (C=O) groups is 1. The number of ketones is 1. The number of fused-ring (bicyclic) bond motifs is 1. The van der Waals surface area contributed by atoms with Crippen molar-refractivity contribution in [2.45, 2.75) is 20.3 Å². The van der Waals surface area contributed by atoms with Crippen molar-refractivity contribution in [3.8, 4) is 0 Å². The molecule has 5 heteroatoms. The molecule has 0 fully saturated rings. The van der Waals surface area contributed by atoms with Crippen molar-refractivity contribution in [3.05, 3.63) is 45.7 Å². The number of benzene rings is 1. The molecule has 0 spiro atoms. The van der Waals surface area contributed by atoms with Gasteiger partial charge in [0.15, 0.2) is 5.78 Å². The smallest absolute Gasteiger partial charge is 0.182 e. The monoisotopic (exact) mass is 285 g/mol. The van der Waals surface area contributed by atoms with Gasteiger partial charge in [-0.25, -0.2) is 9.97 Å². The molecule has 0 aliphatic rings. The lowest BCUT2D eigenvalue weighted by molar-refractivity contribution is 0.0993. The quantitative estimate of drug-likeness (QED) is 0.695. The van der Waals surface area contributed by atoms with Gasteiger partial charge in [-0.1, -0.05) is 12.1 Å². The fourth-order valence-electron chi connectivity index (χ4n) is 2.37. The highest BCUT2D eigenvalue weighted by Gasteiger charge is 2.17. The Morgan fingerprint density at radius 1 is 1.25 bits per heavy atom. The largest absolute Gasteiger partial charge is 0.331 e. The van der Waals surface area contributed by atoms with E-state index in [1.165, 1.54) is 11.3 Å². The Labute approximate surface area is 121 Å². The number of Topliss-reactive ketones (excluding diaryl/α,β-unsaturated/α-hetero) is 1.